The van der Waals surface area contributed by atoms with Gasteiger partial charge in [-0.25, -0.2) is 9.97 Å². The van der Waals surface area contributed by atoms with Gasteiger partial charge in [0.1, 0.15) is 6.33 Å². The average Bonchev–Trinajstić information content (AvgIpc) is 3.13. The van der Waals surface area contributed by atoms with Crippen molar-refractivity contribution in [3.8, 4) is 22.5 Å². The normalized spacial score (nSPS) is 12.1. The molecule has 4 aromatic rings. The third kappa shape index (κ3) is 3.72. The van der Waals surface area contributed by atoms with E-state index in [0.29, 0.717) is 28.1 Å². The van der Waals surface area contributed by atoms with E-state index in [4.69, 9.17) is 0 Å². The number of fused-ring (bicyclic) bond motifs is 1. The zero-order chi connectivity index (χ0) is 20.6. The Kier molecular flexibility index (Phi) is 4.82. The first-order valence-electron chi connectivity index (χ1n) is 9.29. The Morgan fingerprint density at radius 1 is 1.00 bits per heavy atom. The van der Waals surface area contributed by atoms with Gasteiger partial charge < -0.3 is 0 Å². The maximum atomic E-state index is 13.6. The Bertz CT molecular complexity index is 1150. The summed E-state index contributed by atoms with van der Waals surface area (Å²) in [6, 6.07) is 14.2. The third-order valence-corrected chi connectivity index (χ3v) is 4.68. The fourth-order valence-electron chi connectivity index (χ4n) is 3.50. The maximum Gasteiger partial charge on any atom is 0.435 e. The standard InChI is InChI=1S/C22H19F3N4/c1-13(2)10-14-8-9-16-17(11-14)26-12-27-19(16)20-18(15-6-4-3-5-7-15)21(29-28-20)22(23,24)25/h3-9,11-13H,10H2,1-2H3,(H,28,29). The Labute approximate surface area is 165 Å². The van der Waals surface area contributed by atoms with Crippen molar-refractivity contribution in [2.45, 2.75) is 26.4 Å². The summed E-state index contributed by atoms with van der Waals surface area (Å²) < 4.78 is 40.9. The minimum absolute atomic E-state index is 0.00985. The molecule has 1 N–H and O–H groups in total. The van der Waals surface area contributed by atoms with Gasteiger partial charge in [0.15, 0.2) is 5.69 Å². The smallest absolute Gasteiger partial charge is 0.275 e. The largest absolute Gasteiger partial charge is 0.435 e. The molecule has 0 unspecified atom stereocenters. The number of rotatable bonds is 4. The highest BCUT2D eigenvalue weighted by molar-refractivity contribution is 5.96. The first-order chi connectivity index (χ1) is 13.8. The number of aromatic amines is 1. The molecule has 29 heavy (non-hydrogen) atoms. The lowest BCUT2D eigenvalue weighted by Crippen LogP contribution is -2.07. The van der Waals surface area contributed by atoms with Gasteiger partial charge in [0.2, 0.25) is 0 Å². The zero-order valence-corrected chi connectivity index (χ0v) is 16.0. The van der Waals surface area contributed by atoms with Gasteiger partial charge in [-0.2, -0.15) is 18.3 Å². The number of alkyl halides is 3. The summed E-state index contributed by atoms with van der Waals surface area (Å²) in [5.74, 6) is 0.486. The van der Waals surface area contributed by atoms with Crippen LogP contribution in [-0.2, 0) is 12.6 Å². The summed E-state index contributed by atoms with van der Waals surface area (Å²) in [6.45, 7) is 4.26. The molecule has 4 nitrogen and oxygen atoms in total. The van der Waals surface area contributed by atoms with Gasteiger partial charge in [-0.05, 0) is 29.5 Å². The second kappa shape index (κ2) is 7.31. The number of aromatic nitrogens is 4. The molecule has 0 fully saturated rings. The van der Waals surface area contributed by atoms with E-state index in [0.717, 1.165) is 12.0 Å². The predicted molar refractivity (Wildman–Crippen MR) is 106 cm³/mol. The van der Waals surface area contributed by atoms with Gasteiger partial charge in [-0.3, -0.25) is 5.10 Å². The fraction of sp³-hybridized carbons (Fsp3) is 0.227. The zero-order valence-electron chi connectivity index (χ0n) is 16.0. The van der Waals surface area contributed by atoms with E-state index in [1.54, 1.807) is 30.3 Å². The van der Waals surface area contributed by atoms with Crippen LogP contribution in [0, 0.1) is 5.92 Å². The third-order valence-electron chi connectivity index (χ3n) is 4.68. The highest BCUT2D eigenvalue weighted by Gasteiger charge is 2.39. The molecule has 0 spiro atoms. The molecule has 2 aromatic heterocycles. The number of nitrogens with one attached hydrogen (secondary N) is 1. The summed E-state index contributed by atoms with van der Waals surface area (Å²) >= 11 is 0. The van der Waals surface area contributed by atoms with E-state index < -0.39 is 11.9 Å². The van der Waals surface area contributed by atoms with Crippen LogP contribution in [0.3, 0.4) is 0 Å². The summed E-state index contributed by atoms with van der Waals surface area (Å²) in [5.41, 5.74) is 1.90. The Morgan fingerprint density at radius 2 is 1.76 bits per heavy atom. The molecule has 0 bridgehead atoms. The molecule has 0 saturated carbocycles. The van der Waals surface area contributed by atoms with E-state index in [9.17, 15) is 13.2 Å². The second-order valence-corrected chi connectivity index (χ2v) is 7.36. The Morgan fingerprint density at radius 3 is 2.45 bits per heavy atom. The van der Waals surface area contributed by atoms with Gasteiger partial charge in [-0.1, -0.05) is 56.3 Å². The van der Waals surface area contributed by atoms with Crippen molar-refractivity contribution >= 4 is 10.9 Å². The van der Waals surface area contributed by atoms with Gasteiger partial charge in [-0.15, -0.1) is 0 Å². The van der Waals surface area contributed by atoms with Crippen LogP contribution in [0.4, 0.5) is 13.2 Å². The quantitative estimate of drug-likeness (QED) is 0.467. The number of hydrogen-bond acceptors (Lipinski definition) is 3. The van der Waals surface area contributed by atoms with Crippen LogP contribution < -0.4 is 0 Å². The Balaban J connectivity index is 1.94. The average molecular weight is 396 g/mol. The van der Waals surface area contributed by atoms with Crippen molar-refractivity contribution in [3.63, 3.8) is 0 Å². The molecule has 0 radical (unpaired) electrons. The highest BCUT2D eigenvalue weighted by Crippen LogP contribution is 2.41. The van der Waals surface area contributed by atoms with Crippen LogP contribution in [0.5, 0.6) is 0 Å². The summed E-state index contributed by atoms with van der Waals surface area (Å²) in [6.07, 6.45) is -2.32. The van der Waals surface area contributed by atoms with Crippen molar-refractivity contribution in [3.05, 3.63) is 66.1 Å². The minimum atomic E-state index is -4.59. The first kappa shape index (κ1) is 19.1. The summed E-state index contributed by atoms with van der Waals surface area (Å²) in [5, 5.41) is 6.84. The summed E-state index contributed by atoms with van der Waals surface area (Å²) in [4.78, 5) is 8.63. The van der Waals surface area contributed by atoms with Crippen LogP contribution in [0.2, 0.25) is 0 Å². The monoisotopic (exact) mass is 396 g/mol. The number of H-pyrrole nitrogens is 1. The molecular weight excluding hydrogens is 377 g/mol. The number of halogens is 3. The van der Waals surface area contributed by atoms with Crippen molar-refractivity contribution < 1.29 is 13.2 Å². The molecule has 7 heteroatoms. The lowest BCUT2D eigenvalue weighted by Gasteiger charge is -2.11. The van der Waals surface area contributed by atoms with Crippen LogP contribution in [0.1, 0.15) is 25.1 Å². The fourth-order valence-corrected chi connectivity index (χ4v) is 3.50. The van der Waals surface area contributed by atoms with Crippen molar-refractivity contribution in [1.82, 2.24) is 20.2 Å². The highest BCUT2D eigenvalue weighted by atomic mass is 19.4. The van der Waals surface area contributed by atoms with E-state index in [2.05, 4.69) is 34.0 Å². The Hall–Kier alpha value is -3.22. The van der Waals surface area contributed by atoms with Gasteiger partial charge in [0.05, 0.1) is 16.9 Å². The van der Waals surface area contributed by atoms with E-state index in [1.807, 2.05) is 18.2 Å². The topological polar surface area (TPSA) is 54.5 Å². The van der Waals surface area contributed by atoms with Crippen LogP contribution in [0.25, 0.3) is 33.4 Å². The van der Waals surface area contributed by atoms with Crippen LogP contribution in [0.15, 0.2) is 54.9 Å². The molecule has 0 saturated heterocycles. The van der Waals surface area contributed by atoms with E-state index in [1.165, 1.54) is 6.33 Å². The van der Waals surface area contributed by atoms with Crippen molar-refractivity contribution in [2.24, 2.45) is 5.92 Å². The molecule has 0 aliphatic heterocycles. The van der Waals surface area contributed by atoms with E-state index >= 15 is 0 Å². The van der Waals surface area contributed by atoms with Gasteiger partial charge in [0.25, 0.3) is 0 Å². The predicted octanol–water partition coefficient (Wildman–Crippen LogP) is 5.90. The molecule has 4 rings (SSSR count). The second-order valence-electron chi connectivity index (χ2n) is 7.36. The lowest BCUT2D eigenvalue weighted by molar-refractivity contribution is -0.140. The molecule has 0 aliphatic rings. The van der Waals surface area contributed by atoms with E-state index in [-0.39, 0.29) is 11.3 Å². The molecule has 148 valence electrons. The first-order valence-corrected chi connectivity index (χ1v) is 9.29. The van der Waals surface area contributed by atoms with Gasteiger partial charge >= 0.3 is 6.18 Å². The number of benzene rings is 2. The SMILES string of the molecule is CC(C)Cc1ccc2c(-c3[nH]nc(C(F)(F)F)c3-c3ccccc3)ncnc2c1. The van der Waals surface area contributed by atoms with Crippen molar-refractivity contribution in [2.75, 3.05) is 0 Å². The minimum Gasteiger partial charge on any atom is -0.275 e. The molecule has 2 aromatic carbocycles. The number of nitrogens with zero attached hydrogens (tertiary/aromatic N) is 3. The maximum absolute atomic E-state index is 13.6. The number of hydrogen-bond donors (Lipinski definition) is 1. The molecule has 0 amide bonds. The van der Waals surface area contributed by atoms with Gasteiger partial charge in [0, 0.05) is 10.9 Å². The van der Waals surface area contributed by atoms with Crippen LogP contribution in [-0.4, -0.2) is 20.2 Å². The van der Waals surface area contributed by atoms with Crippen molar-refractivity contribution in [1.29, 1.82) is 0 Å². The van der Waals surface area contributed by atoms with Crippen LogP contribution >= 0.6 is 0 Å². The molecule has 2 heterocycles. The molecular formula is C22H19F3N4. The lowest BCUT2D eigenvalue weighted by atomic mass is 9.97. The molecule has 0 atom stereocenters. The summed E-state index contributed by atoms with van der Waals surface area (Å²) in [7, 11) is 0. The molecule has 0 aliphatic carbocycles.